The maximum atomic E-state index is 12.9. The van der Waals surface area contributed by atoms with Crippen LogP contribution in [0.15, 0.2) is 29.4 Å². The average Bonchev–Trinajstić information content (AvgIpc) is 3.08. The van der Waals surface area contributed by atoms with Crippen LogP contribution in [0.4, 0.5) is 4.39 Å². The summed E-state index contributed by atoms with van der Waals surface area (Å²) in [7, 11) is 0. The maximum Gasteiger partial charge on any atom is 0.233 e. The second-order valence-corrected chi connectivity index (χ2v) is 6.56. The van der Waals surface area contributed by atoms with E-state index in [0.29, 0.717) is 16.7 Å². The molecule has 0 spiro atoms. The first-order valence-electron chi connectivity index (χ1n) is 7.97. The molecular formula is C17H19FN4OS. The van der Waals surface area contributed by atoms with Gasteiger partial charge in [0.15, 0.2) is 0 Å². The van der Waals surface area contributed by atoms with Gasteiger partial charge in [0.2, 0.25) is 11.1 Å². The van der Waals surface area contributed by atoms with Crippen molar-refractivity contribution in [3.05, 3.63) is 41.5 Å². The number of carbonyl (C=O) groups excluding carboxylic acids is 1. The van der Waals surface area contributed by atoms with Gasteiger partial charge in [0.05, 0.1) is 5.75 Å². The summed E-state index contributed by atoms with van der Waals surface area (Å²) in [5.41, 5.74) is 0.877. The molecule has 1 aromatic heterocycles. The molecule has 2 aromatic rings. The number of hydrogen-bond acceptors (Lipinski definition) is 4. The van der Waals surface area contributed by atoms with Gasteiger partial charge in [-0.2, -0.15) is 0 Å². The molecule has 5 nitrogen and oxygen atoms in total. The summed E-state index contributed by atoms with van der Waals surface area (Å²) in [6, 6.07) is 6.20. The zero-order chi connectivity index (χ0) is 16.8. The summed E-state index contributed by atoms with van der Waals surface area (Å²) in [5, 5.41) is 7.48. The van der Waals surface area contributed by atoms with Crippen LogP contribution in [0.2, 0.25) is 0 Å². The van der Waals surface area contributed by atoms with Crippen molar-refractivity contribution in [1.82, 2.24) is 20.1 Å². The number of nitrogens with zero attached hydrogens (tertiary/aromatic N) is 3. The number of likely N-dealkylation sites (tertiary alicyclic amines) is 1. The largest absolute Gasteiger partial charge is 0.342 e. The molecule has 0 bridgehead atoms. The number of H-pyrrole nitrogens is 1. The molecule has 0 atom stereocenters. The molecule has 0 radical (unpaired) electrons. The van der Waals surface area contributed by atoms with Crippen molar-refractivity contribution in [3.8, 4) is 0 Å². The lowest BCUT2D eigenvalue weighted by Gasteiger charge is -2.26. The van der Waals surface area contributed by atoms with Gasteiger partial charge in [0.1, 0.15) is 11.6 Å². The average molecular weight is 346 g/mol. The van der Waals surface area contributed by atoms with Crippen LogP contribution in [0.1, 0.15) is 30.7 Å². The summed E-state index contributed by atoms with van der Waals surface area (Å²) >= 11 is 1.34. The highest BCUT2D eigenvalue weighted by molar-refractivity contribution is 7.99. The number of hydrogen-bond donors (Lipinski definition) is 1. The van der Waals surface area contributed by atoms with E-state index < -0.39 is 0 Å². The minimum atomic E-state index is -0.260. The van der Waals surface area contributed by atoms with Crippen molar-refractivity contribution in [3.63, 3.8) is 0 Å². The van der Waals surface area contributed by atoms with Crippen LogP contribution in [-0.2, 0) is 4.79 Å². The number of rotatable bonds is 5. The lowest BCUT2D eigenvalue weighted by Crippen LogP contribution is -2.36. The number of thioether (sulfide) groups is 1. The first-order valence-corrected chi connectivity index (χ1v) is 8.96. The summed E-state index contributed by atoms with van der Waals surface area (Å²) in [6.07, 6.45) is 7.00. The molecule has 7 heteroatoms. The van der Waals surface area contributed by atoms with Crippen molar-refractivity contribution in [1.29, 1.82) is 0 Å². The molecule has 2 heterocycles. The van der Waals surface area contributed by atoms with Crippen LogP contribution >= 0.6 is 11.8 Å². The minimum absolute atomic E-state index is 0.146. The SMILES string of the molecule is O=C(CSc1n[nH]c(C=Cc2ccc(F)cc2)n1)N1CCCCC1. The van der Waals surface area contributed by atoms with Crippen LogP contribution in [-0.4, -0.2) is 44.8 Å². The third-order valence-electron chi connectivity index (χ3n) is 3.82. The van der Waals surface area contributed by atoms with Crippen molar-refractivity contribution < 1.29 is 9.18 Å². The van der Waals surface area contributed by atoms with Crippen molar-refractivity contribution >= 4 is 29.8 Å². The topological polar surface area (TPSA) is 61.9 Å². The number of aromatic amines is 1. The lowest BCUT2D eigenvalue weighted by atomic mass is 10.1. The molecule has 3 rings (SSSR count). The molecule has 0 saturated carbocycles. The van der Waals surface area contributed by atoms with Crippen molar-refractivity contribution in [2.24, 2.45) is 0 Å². The Morgan fingerprint density at radius 3 is 2.71 bits per heavy atom. The smallest absolute Gasteiger partial charge is 0.233 e. The zero-order valence-corrected chi connectivity index (χ0v) is 14.1. The molecule has 1 fully saturated rings. The van der Waals surface area contributed by atoms with Gasteiger partial charge in [-0.3, -0.25) is 9.89 Å². The highest BCUT2D eigenvalue weighted by Crippen LogP contribution is 2.16. The van der Waals surface area contributed by atoms with E-state index >= 15 is 0 Å². The first kappa shape index (κ1) is 16.7. The molecule has 1 N–H and O–H groups in total. The van der Waals surface area contributed by atoms with E-state index in [4.69, 9.17) is 0 Å². The number of piperidine rings is 1. The third kappa shape index (κ3) is 4.67. The molecular weight excluding hydrogens is 327 g/mol. The molecule has 1 aliphatic rings. The second-order valence-electron chi connectivity index (χ2n) is 5.62. The van der Waals surface area contributed by atoms with Gasteiger partial charge in [-0.25, -0.2) is 9.37 Å². The molecule has 0 unspecified atom stereocenters. The van der Waals surface area contributed by atoms with Crippen LogP contribution in [0, 0.1) is 5.82 Å². The van der Waals surface area contributed by atoms with Gasteiger partial charge in [-0.15, -0.1) is 5.10 Å². The molecule has 1 saturated heterocycles. The Kier molecular flexibility index (Phi) is 5.63. The third-order valence-corrected chi connectivity index (χ3v) is 4.65. The molecule has 24 heavy (non-hydrogen) atoms. The molecule has 0 aliphatic carbocycles. The minimum Gasteiger partial charge on any atom is -0.342 e. The predicted molar refractivity (Wildman–Crippen MR) is 92.9 cm³/mol. The van der Waals surface area contributed by atoms with E-state index in [1.165, 1.54) is 30.3 Å². The number of nitrogens with one attached hydrogen (secondary N) is 1. The van der Waals surface area contributed by atoms with Crippen LogP contribution < -0.4 is 0 Å². The highest BCUT2D eigenvalue weighted by atomic mass is 32.2. The number of halogens is 1. The molecule has 126 valence electrons. The Hall–Kier alpha value is -2.15. The van der Waals surface area contributed by atoms with Gasteiger partial charge < -0.3 is 4.90 Å². The Morgan fingerprint density at radius 2 is 1.96 bits per heavy atom. The van der Waals surface area contributed by atoms with Gasteiger partial charge in [-0.1, -0.05) is 30.0 Å². The Labute approximate surface area is 144 Å². The maximum absolute atomic E-state index is 12.9. The van der Waals surface area contributed by atoms with Crippen LogP contribution in [0.5, 0.6) is 0 Å². The fourth-order valence-electron chi connectivity index (χ4n) is 2.51. The fraction of sp³-hybridized carbons (Fsp3) is 0.353. The molecule has 1 amide bonds. The quantitative estimate of drug-likeness (QED) is 0.845. The summed E-state index contributed by atoms with van der Waals surface area (Å²) in [5.74, 6) is 0.850. The van der Waals surface area contributed by atoms with E-state index in [0.717, 1.165) is 31.5 Å². The molecule has 1 aliphatic heterocycles. The predicted octanol–water partition coefficient (Wildman–Crippen LogP) is 3.22. The zero-order valence-electron chi connectivity index (χ0n) is 13.2. The van der Waals surface area contributed by atoms with Crippen molar-refractivity contribution in [2.75, 3.05) is 18.8 Å². The van der Waals surface area contributed by atoms with Crippen LogP contribution in [0.25, 0.3) is 12.2 Å². The monoisotopic (exact) mass is 346 g/mol. The van der Waals surface area contributed by atoms with Crippen LogP contribution in [0.3, 0.4) is 0 Å². The Bertz CT molecular complexity index is 708. The Balaban J connectivity index is 1.51. The van der Waals surface area contributed by atoms with Gasteiger partial charge >= 0.3 is 0 Å². The first-order chi connectivity index (χ1) is 11.7. The summed E-state index contributed by atoms with van der Waals surface area (Å²) in [6.45, 7) is 1.72. The highest BCUT2D eigenvalue weighted by Gasteiger charge is 2.17. The van der Waals surface area contributed by atoms with E-state index in [1.54, 1.807) is 18.2 Å². The molecule has 1 aromatic carbocycles. The van der Waals surface area contributed by atoms with E-state index in [-0.39, 0.29) is 11.7 Å². The Morgan fingerprint density at radius 1 is 1.21 bits per heavy atom. The van der Waals surface area contributed by atoms with E-state index in [1.807, 2.05) is 11.0 Å². The van der Waals surface area contributed by atoms with E-state index in [2.05, 4.69) is 15.2 Å². The van der Waals surface area contributed by atoms with E-state index in [9.17, 15) is 9.18 Å². The normalized spacial score (nSPS) is 15.1. The number of amides is 1. The van der Waals surface area contributed by atoms with Crippen molar-refractivity contribution in [2.45, 2.75) is 24.4 Å². The standard InChI is InChI=1S/C17H19FN4OS/c18-14-7-4-13(5-8-14)6-9-15-19-17(21-20-15)24-12-16(23)22-10-2-1-3-11-22/h4-9H,1-3,10-12H2,(H,19,20,21). The summed E-state index contributed by atoms with van der Waals surface area (Å²) < 4.78 is 12.9. The summed E-state index contributed by atoms with van der Waals surface area (Å²) in [4.78, 5) is 18.4. The van der Waals surface area contributed by atoms with Gasteiger partial charge in [0.25, 0.3) is 0 Å². The lowest BCUT2D eigenvalue weighted by molar-refractivity contribution is -0.129. The second kappa shape index (κ2) is 8.10. The fourth-order valence-corrected chi connectivity index (χ4v) is 3.22. The van der Waals surface area contributed by atoms with Gasteiger partial charge in [0, 0.05) is 13.1 Å². The van der Waals surface area contributed by atoms with Gasteiger partial charge in [-0.05, 0) is 43.0 Å². The number of aromatic nitrogens is 3. The number of carbonyl (C=O) groups is 1. The number of benzene rings is 1.